The number of amides is 1. The summed E-state index contributed by atoms with van der Waals surface area (Å²) in [5.74, 6) is -0.324. The lowest BCUT2D eigenvalue weighted by Gasteiger charge is -2.27. The average molecular weight is 455 g/mol. The molecule has 0 saturated heterocycles. The van der Waals surface area contributed by atoms with Gasteiger partial charge >= 0.3 is 0 Å². The van der Waals surface area contributed by atoms with E-state index in [-0.39, 0.29) is 23.1 Å². The van der Waals surface area contributed by atoms with Crippen LogP contribution in [-0.4, -0.2) is 26.8 Å². The molecule has 1 unspecified atom stereocenters. The molecule has 2 aromatic carbocycles. The molecule has 0 bridgehead atoms. The summed E-state index contributed by atoms with van der Waals surface area (Å²) in [6, 6.07) is 16.7. The monoisotopic (exact) mass is 454 g/mol. The fraction of sp³-hybridized carbons (Fsp3) is 0.304. The number of thioether (sulfide) groups is 1. The lowest BCUT2D eigenvalue weighted by atomic mass is 9.90. The van der Waals surface area contributed by atoms with Crippen molar-refractivity contribution < 1.29 is 4.79 Å². The molecule has 6 nitrogen and oxygen atoms in total. The number of carbonyl (C=O) groups is 1. The molecule has 31 heavy (non-hydrogen) atoms. The molecule has 1 aromatic heterocycles. The van der Waals surface area contributed by atoms with Gasteiger partial charge in [0.05, 0.1) is 29.3 Å². The highest BCUT2D eigenvalue weighted by atomic mass is 35.5. The Morgan fingerprint density at radius 1 is 1.29 bits per heavy atom. The highest BCUT2D eigenvalue weighted by molar-refractivity contribution is 7.99. The summed E-state index contributed by atoms with van der Waals surface area (Å²) in [5, 5.41) is 13.6. The number of nitrogens with one attached hydrogen (secondary N) is 1. The zero-order chi connectivity index (χ0) is 22.6. The van der Waals surface area contributed by atoms with Crippen molar-refractivity contribution in [3.8, 4) is 6.07 Å². The van der Waals surface area contributed by atoms with Crippen LogP contribution in [0.4, 0.5) is 0 Å². The molecule has 0 aliphatic heterocycles. The van der Waals surface area contributed by atoms with Gasteiger partial charge in [0.25, 0.3) is 5.56 Å². The molecule has 0 fully saturated rings. The number of hydrogen-bond donors (Lipinski definition) is 1. The van der Waals surface area contributed by atoms with Crippen molar-refractivity contribution in [1.82, 2.24) is 14.9 Å². The zero-order valence-electron chi connectivity index (χ0n) is 17.6. The average Bonchev–Trinajstić information content (AvgIpc) is 2.74. The smallest absolute Gasteiger partial charge is 0.262 e. The summed E-state index contributed by atoms with van der Waals surface area (Å²) >= 11 is 7.25. The van der Waals surface area contributed by atoms with E-state index in [9.17, 15) is 14.9 Å². The first-order valence-corrected chi connectivity index (χ1v) is 11.2. The maximum Gasteiger partial charge on any atom is 0.262 e. The van der Waals surface area contributed by atoms with Crippen LogP contribution in [0.25, 0.3) is 10.9 Å². The van der Waals surface area contributed by atoms with E-state index in [1.807, 2.05) is 44.2 Å². The molecule has 3 rings (SSSR count). The number of fused-ring (bicyclic) bond motifs is 1. The van der Waals surface area contributed by atoms with E-state index in [1.165, 1.54) is 0 Å². The molecule has 1 amide bonds. The van der Waals surface area contributed by atoms with E-state index in [0.717, 1.165) is 17.3 Å². The second kappa shape index (κ2) is 9.54. The molecule has 1 heterocycles. The van der Waals surface area contributed by atoms with E-state index in [0.29, 0.717) is 27.6 Å². The molecule has 0 radical (unpaired) electrons. The topological polar surface area (TPSA) is 87.8 Å². The third kappa shape index (κ3) is 5.27. The minimum atomic E-state index is -0.967. The molecule has 0 spiro atoms. The second-order valence-electron chi connectivity index (χ2n) is 7.74. The maximum atomic E-state index is 13.2. The third-order valence-electron chi connectivity index (χ3n) is 5.18. The lowest BCUT2D eigenvalue weighted by molar-refractivity contribution is -0.120. The molecular formula is C23H23ClN4O2S. The van der Waals surface area contributed by atoms with Gasteiger partial charge in [-0.2, -0.15) is 5.26 Å². The van der Waals surface area contributed by atoms with Crippen LogP contribution in [0.15, 0.2) is 58.5 Å². The van der Waals surface area contributed by atoms with Crippen molar-refractivity contribution in [1.29, 1.82) is 5.26 Å². The van der Waals surface area contributed by atoms with Crippen molar-refractivity contribution in [3.05, 3.63) is 69.5 Å². The summed E-state index contributed by atoms with van der Waals surface area (Å²) in [6.07, 6.45) is 0. The van der Waals surface area contributed by atoms with Crippen LogP contribution in [-0.2, 0) is 11.3 Å². The molecule has 1 atom stereocenters. The first-order chi connectivity index (χ1) is 14.7. The number of hydrogen-bond acceptors (Lipinski definition) is 5. The molecule has 8 heteroatoms. The lowest BCUT2D eigenvalue weighted by Crippen LogP contribution is -2.49. The first kappa shape index (κ1) is 22.9. The van der Waals surface area contributed by atoms with Crippen molar-refractivity contribution in [2.24, 2.45) is 5.92 Å². The van der Waals surface area contributed by atoms with Gasteiger partial charge in [-0.25, -0.2) is 4.98 Å². The Morgan fingerprint density at radius 2 is 2.00 bits per heavy atom. The SMILES string of the molecule is CC(C)C(C)(C#N)NC(=O)CSc1nc2cc(Cl)ccc2c(=O)n1Cc1ccccc1. The van der Waals surface area contributed by atoms with E-state index >= 15 is 0 Å². The normalized spacial score (nSPS) is 13.0. The Labute approximate surface area is 190 Å². The van der Waals surface area contributed by atoms with Crippen LogP contribution < -0.4 is 10.9 Å². The molecule has 3 aromatic rings. The van der Waals surface area contributed by atoms with Crippen LogP contribution in [0.3, 0.4) is 0 Å². The molecular weight excluding hydrogens is 432 g/mol. The maximum absolute atomic E-state index is 13.2. The molecule has 1 N–H and O–H groups in total. The molecule has 0 aliphatic rings. The van der Waals surface area contributed by atoms with Gasteiger partial charge in [-0.1, -0.05) is 67.5 Å². The quantitative estimate of drug-likeness (QED) is 0.426. The van der Waals surface area contributed by atoms with E-state index in [4.69, 9.17) is 11.6 Å². The number of benzene rings is 2. The van der Waals surface area contributed by atoms with Gasteiger partial charge in [0, 0.05) is 5.02 Å². The Kier molecular flexibility index (Phi) is 7.04. The van der Waals surface area contributed by atoms with Crippen molar-refractivity contribution in [2.45, 2.75) is 38.0 Å². The predicted molar refractivity (Wildman–Crippen MR) is 124 cm³/mol. The van der Waals surface area contributed by atoms with E-state index in [2.05, 4.69) is 16.4 Å². The van der Waals surface area contributed by atoms with Gasteiger partial charge in [-0.15, -0.1) is 0 Å². The number of rotatable bonds is 7. The van der Waals surface area contributed by atoms with Gasteiger partial charge in [-0.3, -0.25) is 14.2 Å². The van der Waals surface area contributed by atoms with Crippen LogP contribution in [0.2, 0.25) is 5.02 Å². The van der Waals surface area contributed by atoms with Crippen LogP contribution in [0, 0.1) is 17.2 Å². The fourth-order valence-electron chi connectivity index (χ4n) is 2.95. The highest BCUT2D eigenvalue weighted by Crippen LogP contribution is 2.22. The summed E-state index contributed by atoms with van der Waals surface area (Å²) in [6.45, 7) is 5.78. The van der Waals surface area contributed by atoms with Crippen LogP contribution >= 0.6 is 23.4 Å². The fourth-order valence-corrected chi connectivity index (χ4v) is 3.91. The Balaban J connectivity index is 1.94. The van der Waals surface area contributed by atoms with Crippen molar-refractivity contribution >= 4 is 40.2 Å². The summed E-state index contributed by atoms with van der Waals surface area (Å²) in [5.41, 5.74) is 0.264. The number of aromatic nitrogens is 2. The zero-order valence-corrected chi connectivity index (χ0v) is 19.1. The Morgan fingerprint density at radius 3 is 2.65 bits per heavy atom. The van der Waals surface area contributed by atoms with E-state index < -0.39 is 5.54 Å². The van der Waals surface area contributed by atoms with Gasteiger partial charge < -0.3 is 5.32 Å². The molecule has 0 aliphatic carbocycles. The minimum absolute atomic E-state index is 0.0251. The number of nitriles is 1. The van der Waals surface area contributed by atoms with E-state index in [1.54, 1.807) is 29.7 Å². The summed E-state index contributed by atoms with van der Waals surface area (Å²) in [4.78, 5) is 30.4. The van der Waals surface area contributed by atoms with Crippen LogP contribution in [0.5, 0.6) is 0 Å². The second-order valence-corrected chi connectivity index (χ2v) is 9.12. The van der Waals surface area contributed by atoms with Gasteiger partial charge in [0.2, 0.25) is 5.91 Å². The van der Waals surface area contributed by atoms with Gasteiger partial charge in [-0.05, 0) is 36.6 Å². The Bertz CT molecular complexity index is 1200. The highest BCUT2D eigenvalue weighted by Gasteiger charge is 2.30. The predicted octanol–water partition coefficient (Wildman–Crippen LogP) is 4.24. The summed E-state index contributed by atoms with van der Waals surface area (Å²) in [7, 11) is 0. The third-order valence-corrected chi connectivity index (χ3v) is 6.40. The number of carbonyl (C=O) groups excluding carboxylic acids is 1. The Hall–Kier alpha value is -2.82. The van der Waals surface area contributed by atoms with Crippen molar-refractivity contribution in [2.75, 3.05) is 5.75 Å². The first-order valence-electron chi connectivity index (χ1n) is 9.82. The van der Waals surface area contributed by atoms with Gasteiger partial charge in [0.1, 0.15) is 5.54 Å². The molecule has 160 valence electrons. The number of halogens is 1. The standard InChI is InChI=1S/C23H23ClN4O2S/c1-15(2)23(3,14-25)27-20(29)13-31-22-26-19-11-17(24)9-10-18(19)21(30)28(22)12-16-7-5-4-6-8-16/h4-11,15H,12-13H2,1-3H3,(H,27,29). The van der Waals surface area contributed by atoms with Crippen LogP contribution in [0.1, 0.15) is 26.3 Å². The minimum Gasteiger partial charge on any atom is -0.337 e. The van der Waals surface area contributed by atoms with Crippen molar-refractivity contribution in [3.63, 3.8) is 0 Å². The van der Waals surface area contributed by atoms with Gasteiger partial charge in [0.15, 0.2) is 5.16 Å². The largest absolute Gasteiger partial charge is 0.337 e. The summed E-state index contributed by atoms with van der Waals surface area (Å²) < 4.78 is 1.56. The number of nitrogens with zero attached hydrogens (tertiary/aromatic N) is 3. The molecule has 0 saturated carbocycles.